The maximum atomic E-state index is 12.0. The van der Waals surface area contributed by atoms with Crippen LogP contribution in [0.1, 0.15) is 39.2 Å². The van der Waals surface area contributed by atoms with Crippen LogP contribution in [0, 0.1) is 0 Å². The zero-order valence-electron chi connectivity index (χ0n) is 16.4. The lowest BCUT2D eigenvalue weighted by atomic mass is 9.74. The predicted molar refractivity (Wildman–Crippen MR) is 105 cm³/mol. The summed E-state index contributed by atoms with van der Waals surface area (Å²) in [6.45, 7) is 8.36. The van der Waals surface area contributed by atoms with Crippen molar-refractivity contribution in [2.45, 2.75) is 44.6 Å². The Bertz CT molecular complexity index is 602. The number of rotatable bonds is 5. The van der Waals surface area contributed by atoms with Crippen LogP contribution in [0.4, 0.5) is 0 Å². The highest BCUT2D eigenvalue weighted by Gasteiger charge is 2.34. The fourth-order valence-corrected chi connectivity index (χ4v) is 3.22. The number of amides is 1. The van der Waals surface area contributed by atoms with E-state index in [9.17, 15) is 4.79 Å². The van der Waals surface area contributed by atoms with Gasteiger partial charge in [-0.3, -0.25) is 9.79 Å². The molecule has 1 aliphatic rings. The summed E-state index contributed by atoms with van der Waals surface area (Å²) >= 11 is 0. The maximum absolute atomic E-state index is 12.0. The Hall–Kier alpha value is -2.08. The molecule has 1 aromatic rings. The van der Waals surface area contributed by atoms with E-state index in [2.05, 4.69) is 45.2 Å². The van der Waals surface area contributed by atoms with E-state index in [0.29, 0.717) is 5.96 Å². The Kier molecular flexibility index (Phi) is 7.03. The summed E-state index contributed by atoms with van der Waals surface area (Å²) in [4.78, 5) is 16.2. The number of hydrogen-bond acceptors (Lipinski definition) is 3. The summed E-state index contributed by atoms with van der Waals surface area (Å²) in [5.41, 5.74) is 1.09. The SMILES string of the molecule is CN=C(NCC(=O)NC(C)(C)C)NCC1(c2ccccc2)CCOCC1. The average Bonchev–Trinajstić information content (AvgIpc) is 2.62. The van der Waals surface area contributed by atoms with Crippen LogP contribution >= 0.6 is 0 Å². The molecule has 0 aliphatic carbocycles. The first kappa shape index (κ1) is 20.2. The third kappa shape index (κ3) is 6.02. The van der Waals surface area contributed by atoms with Crippen molar-refractivity contribution in [2.24, 2.45) is 4.99 Å². The van der Waals surface area contributed by atoms with Gasteiger partial charge in [0.05, 0.1) is 6.54 Å². The zero-order chi connectivity index (χ0) is 19.0. The lowest BCUT2D eigenvalue weighted by molar-refractivity contribution is -0.121. The van der Waals surface area contributed by atoms with Crippen LogP contribution < -0.4 is 16.0 Å². The molecule has 0 spiro atoms. The summed E-state index contributed by atoms with van der Waals surface area (Å²) in [6, 6.07) is 10.6. The summed E-state index contributed by atoms with van der Waals surface area (Å²) in [5.74, 6) is 0.583. The number of aliphatic imine (C=N–C) groups is 1. The Labute approximate surface area is 156 Å². The first-order chi connectivity index (χ1) is 12.3. The van der Waals surface area contributed by atoms with Gasteiger partial charge >= 0.3 is 0 Å². The lowest BCUT2D eigenvalue weighted by Gasteiger charge is -2.38. The predicted octanol–water partition coefficient (Wildman–Crippen LogP) is 1.81. The Balaban J connectivity index is 1.95. The minimum Gasteiger partial charge on any atom is -0.381 e. The van der Waals surface area contributed by atoms with Gasteiger partial charge in [0.25, 0.3) is 0 Å². The van der Waals surface area contributed by atoms with Crippen LogP contribution in [-0.2, 0) is 14.9 Å². The second kappa shape index (κ2) is 9.03. The van der Waals surface area contributed by atoms with Crippen molar-refractivity contribution in [3.8, 4) is 0 Å². The molecule has 1 aliphatic heterocycles. The molecule has 0 atom stereocenters. The quantitative estimate of drug-likeness (QED) is 0.553. The fourth-order valence-electron chi connectivity index (χ4n) is 3.22. The van der Waals surface area contributed by atoms with E-state index in [1.807, 2.05) is 26.8 Å². The summed E-state index contributed by atoms with van der Waals surface area (Å²) < 4.78 is 5.58. The first-order valence-electron chi connectivity index (χ1n) is 9.23. The number of hydrogen-bond donors (Lipinski definition) is 3. The van der Waals surface area contributed by atoms with E-state index in [4.69, 9.17) is 4.74 Å². The molecule has 0 unspecified atom stereocenters. The molecule has 3 N–H and O–H groups in total. The van der Waals surface area contributed by atoms with E-state index in [0.717, 1.165) is 32.6 Å². The van der Waals surface area contributed by atoms with Crippen molar-refractivity contribution < 1.29 is 9.53 Å². The second-order valence-electron chi connectivity index (χ2n) is 7.84. The van der Waals surface area contributed by atoms with Crippen molar-refractivity contribution in [1.82, 2.24) is 16.0 Å². The highest BCUT2D eigenvalue weighted by molar-refractivity contribution is 5.86. The number of carbonyl (C=O) groups is 1. The Morgan fingerprint density at radius 2 is 1.81 bits per heavy atom. The molecule has 1 heterocycles. The van der Waals surface area contributed by atoms with Crippen LogP contribution in [0.2, 0.25) is 0 Å². The number of nitrogens with zero attached hydrogens (tertiary/aromatic N) is 1. The molecular weight excluding hydrogens is 328 g/mol. The molecule has 0 radical (unpaired) electrons. The van der Waals surface area contributed by atoms with Crippen LogP contribution in [-0.4, -0.2) is 50.8 Å². The molecule has 1 amide bonds. The topological polar surface area (TPSA) is 74.8 Å². The van der Waals surface area contributed by atoms with E-state index in [1.165, 1.54) is 5.56 Å². The standard InChI is InChI=1S/C20H32N4O2/c1-19(2,3)24-17(25)14-22-18(21-4)23-15-20(10-12-26-13-11-20)16-8-6-5-7-9-16/h5-9H,10-15H2,1-4H3,(H,24,25)(H2,21,22,23). The van der Waals surface area contributed by atoms with Gasteiger partial charge in [-0.25, -0.2) is 0 Å². The summed E-state index contributed by atoms with van der Waals surface area (Å²) in [6.07, 6.45) is 1.93. The van der Waals surface area contributed by atoms with Gasteiger partial charge in [0.15, 0.2) is 5.96 Å². The molecule has 1 saturated heterocycles. The van der Waals surface area contributed by atoms with Gasteiger partial charge in [0.2, 0.25) is 5.91 Å². The molecule has 1 fully saturated rings. The molecule has 144 valence electrons. The van der Waals surface area contributed by atoms with E-state index in [1.54, 1.807) is 7.05 Å². The van der Waals surface area contributed by atoms with Gasteiger partial charge in [0, 0.05) is 37.8 Å². The fraction of sp³-hybridized carbons (Fsp3) is 0.600. The average molecular weight is 361 g/mol. The molecule has 0 aromatic heterocycles. The van der Waals surface area contributed by atoms with Crippen molar-refractivity contribution >= 4 is 11.9 Å². The van der Waals surface area contributed by atoms with Gasteiger partial charge in [0.1, 0.15) is 0 Å². The highest BCUT2D eigenvalue weighted by Crippen LogP contribution is 2.34. The van der Waals surface area contributed by atoms with Crippen LogP contribution in [0.25, 0.3) is 0 Å². The van der Waals surface area contributed by atoms with Crippen LogP contribution in [0.3, 0.4) is 0 Å². The number of ether oxygens (including phenoxy) is 1. The van der Waals surface area contributed by atoms with E-state index >= 15 is 0 Å². The lowest BCUT2D eigenvalue weighted by Crippen LogP contribution is -2.51. The van der Waals surface area contributed by atoms with Crippen molar-refractivity contribution in [3.05, 3.63) is 35.9 Å². The summed E-state index contributed by atoms with van der Waals surface area (Å²) in [5, 5.41) is 9.43. The van der Waals surface area contributed by atoms with E-state index in [-0.39, 0.29) is 23.4 Å². The van der Waals surface area contributed by atoms with Gasteiger partial charge in [-0.2, -0.15) is 0 Å². The maximum Gasteiger partial charge on any atom is 0.239 e. The minimum absolute atomic E-state index is 0.0186. The zero-order valence-corrected chi connectivity index (χ0v) is 16.4. The number of carbonyl (C=O) groups excluding carboxylic acids is 1. The molecule has 0 bridgehead atoms. The summed E-state index contributed by atoms with van der Waals surface area (Å²) in [7, 11) is 1.72. The number of nitrogens with one attached hydrogen (secondary N) is 3. The van der Waals surface area contributed by atoms with Crippen LogP contribution in [0.15, 0.2) is 35.3 Å². The van der Waals surface area contributed by atoms with E-state index < -0.39 is 0 Å². The molecular formula is C20H32N4O2. The second-order valence-corrected chi connectivity index (χ2v) is 7.84. The third-order valence-electron chi connectivity index (χ3n) is 4.58. The van der Waals surface area contributed by atoms with Gasteiger partial charge in [-0.1, -0.05) is 30.3 Å². The largest absolute Gasteiger partial charge is 0.381 e. The first-order valence-corrected chi connectivity index (χ1v) is 9.23. The minimum atomic E-state index is -0.241. The van der Waals surface area contributed by atoms with Crippen molar-refractivity contribution in [3.63, 3.8) is 0 Å². The number of benzene rings is 1. The van der Waals surface area contributed by atoms with Crippen LogP contribution in [0.5, 0.6) is 0 Å². The van der Waals surface area contributed by atoms with Crippen molar-refractivity contribution in [2.75, 3.05) is 33.4 Å². The monoisotopic (exact) mass is 360 g/mol. The Morgan fingerprint density at radius 1 is 1.15 bits per heavy atom. The highest BCUT2D eigenvalue weighted by atomic mass is 16.5. The third-order valence-corrected chi connectivity index (χ3v) is 4.58. The molecule has 2 rings (SSSR count). The molecule has 1 aromatic carbocycles. The normalized spacial score (nSPS) is 17.5. The van der Waals surface area contributed by atoms with Gasteiger partial charge in [-0.05, 0) is 39.2 Å². The smallest absolute Gasteiger partial charge is 0.239 e. The van der Waals surface area contributed by atoms with Gasteiger partial charge < -0.3 is 20.7 Å². The number of guanidine groups is 1. The molecule has 6 nitrogen and oxygen atoms in total. The van der Waals surface area contributed by atoms with Gasteiger partial charge in [-0.15, -0.1) is 0 Å². The van der Waals surface area contributed by atoms with Crippen molar-refractivity contribution in [1.29, 1.82) is 0 Å². The molecule has 0 saturated carbocycles. The molecule has 6 heteroatoms. The molecule has 26 heavy (non-hydrogen) atoms. The Morgan fingerprint density at radius 3 is 2.38 bits per heavy atom.